The van der Waals surface area contributed by atoms with Crippen molar-refractivity contribution >= 4 is 17.4 Å². The summed E-state index contributed by atoms with van der Waals surface area (Å²) in [6.07, 6.45) is 0. The molecule has 0 aliphatic heterocycles. The Morgan fingerprint density at radius 2 is 1.56 bits per heavy atom. The molecular formula is C22H16N2O3. The fraction of sp³-hybridized carbons (Fsp3) is 0.0455. The number of nitriles is 1. The zero-order chi connectivity index (χ0) is 19.1. The fourth-order valence-corrected chi connectivity index (χ4v) is 2.55. The lowest BCUT2D eigenvalue weighted by molar-refractivity contribution is -0.118. The number of carbonyl (C=O) groups is 2. The van der Waals surface area contributed by atoms with E-state index >= 15 is 0 Å². The van der Waals surface area contributed by atoms with Crippen LogP contribution in [0.3, 0.4) is 0 Å². The van der Waals surface area contributed by atoms with Crippen molar-refractivity contribution in [1.82, 2.24) is 0 Å². The second-order valence-electron chi connectivity index (χ2n) is 5.69. The highest BCUT2D eigenvalue weighted by Crippen LogP contribution is 2.20. The van der Waals surface area contributed by atoms with E-state index in [4.69, 9.17) is 10.00 Å². The van der Waals surface area contributed by atoms with Gasteiger partial charge in [0.2, 0.25) is 0 Å². The number of carbonyl (C=O) groups excluding carboxylic acids is 2. The summed E-state index contributed by atoms with van der Waals surface area (Å²) in [6, 6.07) is 24.4. The van der Waals surface area contributed by atoms with Gasteiger partial charge in [-0.05, 0) is 24.3 Å². The first-order valence-corrected chi connectivity index (χ1v) is 8.29. The molecule has 0 aliphatic carbocycles. The molecule has 0 heterocycles. The van der Waals surface area contributed by atoms with Crippen molar-refractivity contribution in [3.8, 4) is 11.8 Å². The summed E-state index contributed by atoms with van der Waals surface area (Å²) >= 11 is 0. The van der Waals surface area contributed by atoms with Crippen molar-refractivity contribution in [2.24, 2.45) is 0 Å². The molecule has 0 saturated heterocycles. The summed E-state index contributed by atoms with van der Waals surface area (Å²) in [5.74, 6) is -0.262. The topological polar surface area (TPSA) is 79.2 Å². The quantitative estimate of drug-likeness (QED) is 0.681. The molecule has 27 heavy (non-hydrogen) atoms. The second kappa shape index (κ2) is 8.45. The highest BCUT2D eigenvalue weighted by Gasteiger charge is 2.15. The highest BCUT2D eigenvalue weighted by atomic mass is 16.5. The molecule has 5 heteroatoms. The number of nitrogens with one attached hydrogen (secondary N) is 1. The van der Waals surface area contributed by atoms with Crippen molar-refractivity contribution in [2.75, 3.05) is 11.9 Å². The Morgan fingerprint density at radius 1 is 0.889 bits per heavy atom. The number of nitrogens with zero attached hydrogens (tertiary/aromatic N) is 1. The van der Waals surface area contributed by atoms with Gasteiger partial charge in [-0.2, -0.15) is 5.26 Å². The lowest BCUT2D eigenvalue weighted by atomic mass is 10.0. The van der Waals surface area contributed by atoms with E-state index in [1.807, 2.05) is 12.1 Å². The van der Waals surface area contributed by atoms with Gasteiger partial charge in [-0.15, -0.1) is 0 Å². The van der Waals surface area contributed by atoms with E-state index in [2.05, 4.69) is 5.32 Å². The largest absolute Gasteiger partial charge is 0.482 e. The molecule has 5 nitrogen and oxygen atoms in total. The van der Waals surface area contributed by atoms with Crippen molar-refractivity contribution in [2.45, 2.75) is 0 Å². The van der Waals surface area contributed by atoms with Crippen molar-refractivity contribution in [1.29, 1.82) is 5.26 Å². The number of anilines is 1. The molecule has 132 valence electrons. The summed E-state index contributed by atoms with van der Waals surface area (Å²) in [4.78, 5) is 25.0. The number of hydrogen-bond acceptors (Lipinski definition) is 4. The van der Waals surface area contributed by atoms with Crippen LogP contribution in [0, 0.1) is 11.3 Å². The molecule has 1 amide bonds. The van der Waals surface area contributed by atoms with Crippen molar-refractivity contribution < 1.29 is 14.3 Å². The predicted molar refractivity (Wildman–Crippen MR) is 102 cm³/mol. The molecule has 0 radical (unpaired) electrons. The lowest BCUT2D eigenvalue weighted by Gasteiger charge is -2.11. The normalized spacial score (nSPS) is 9.89. The van der Waals surface area contributed by atoms with Crippen LogP contribution in [0.2, 0.25) is 0 Å². The van der Waals surface area contributed by atoms with Gasteiger partial charge in [-0.3, -0.25) is 9.59 Å². The van der Waals surface area contributed by atoms with Gasteiger partial charge in [0, 0.05) is 11.1 Å². The van der Waals surface area contributed by atoms with Crippen LogP contribution < -0.4 is 10.1 Å². The maximum atomic E-state index is 12.7. The maximum absolute atomic E-state index is 12.7. The van der Waals surface area contributed by atoms with E-state index in [0.29, 0.717) is 28.1 Å². The van der Waals surface area contributed by atoms with Gasteiger partial charge in [0.05, 0.1) is 11.3 Å². The summed E-state index contributed by atoms with van der Waals surface area (Å²) in [5.41, 5.74) is 1.70. The smallest absolute Gasteiger partial charge is 0.262 e. The Balaban J connectivity index is 1.72. The van der Waals surface area contributed by atoms with Gasteiger partial charge in [0.15, 0.2) is 12.4 Å². The van der Waals surface area contributed by atoms with Crippen LogP contribution in [0.4, 0.5) is 5.69 Å². The standard InChI is InChI=1S/C22H16N2O3/c23-14-17-10-4-7-13-20(17)27-15-21(25)24-19-12-6-5-11-18(19)22(26)16-8-2-1-3-9-16/h1-13H,15H2,(H,24,25). The van der Waals surface area contributed by atoms with E-state index < -0.39 is 5.91 Å². The number of ketones is 1. The van der Waals surface area contributed by atoms with Gasteiger partial charge < -0.3 is 10.1 Å². The van der Waals surface area contributed by atoms with Crippen molar-refractivity contribution in [3.05, 3.63) is 95.6 Å². The molecule has 0 bridgehead atoms. The Hall–Kier alpha value is -3.91. The van der Waals surface area contributed by atoms with Crippen LogP contribution in [0.1, 0.15) is 21.5 Å². The van der Waals surface area contributed by atoms with Crippen molar-refractivity contribution in [3.63, 3.8) is 0 Å². The van der Waals surface area contributed by atoms with Gasteiger partial charge >= 0.3 is 0 Å². The molecular weight excluding hydrogens is 340 g/mol. The van der Waals surface area contributed by atoms with Crippen LogP contribution in [0.25, 0.3) is 0 Å². The molecule has 0 saturated carbocycles. The monoisotopic (exact) mass is 356 g/mol. The number of amides is 1. The van der Waals surface area contributed by atoms with Crippen LogP contribution in [-0.4, -0.2) is 18.3 Å². The molecule has 3 aromatic carbocycles. The summed E-state index contributed by atoms with van der Waals surface area (Å²) < 4.78 is 5.43. The first-order valence-electron chi connectivity index (χ1n) is 8.29. The Bertz CT molecular complexity index is 1010. The summed E-state index contributed by atoms with van der Waals surface area (Å²) in [7, 11) is 0. The van der Waals surface area contributed by atoms with E-state index in [-0.39, 0.29) is 12.4 Å². The predicted octanol–water partition coefficient (Wildman–Crippen LogP) is 3.81. The van der Waals surface area contributed by atoms with Crippen LogP contribution >= 0.6 is 0 Å². The maximum Gasteiger partial charge on any atom is 0.262 e. The van der Waals surface area contributed by atoms with E-state index in [9.17, 15) is 9.59 Å². The second-order valence-corrected chi connectivity index (χ2v) is 5.69. The van der Waals surface area contributed by atoms with Gasteiger partial charge in [0.25, 0.3) is 5.91 Å². The van der Waals surface area contributed by atoms with Gasteiger partial charge in [-0.1, -0.05) is 54.6 Å². The highest BCUT2D eigenvalue weighted by molar-refractivity contribution is 6.13. The summed E-state index contributed by atoms with van der Waals surface area (Å²) in [5, 5.41) is 11.8. The first-order chi connectivity index (χ1) is 13.2. The molecule has 0 aromatic heterocycles. The average Bonchev–Trinajstić information content (AvgIpc) is 2.73. The van der Waals surface area contributed by atoms with Gasteiger partial charge in [0.1, 0.15) is 11.8 Å². The third-order valence-corrected chi connectivity index (χ3v) is 3.85. The number of para-hydroxylation sites is 2. The molecule has 0 spiro atoms. The molecule has 3 aromatic rings. The van der Waals surface area contributed by atoms with Crippen LogP contribution in [-0.2, 0) is 4.79 Å². The average molecular weight is 356 g/mol. The van der Waals surface area contributed by atoms with Crippen LogP contribution in [0.15, 0.2) is 78.9 Å². The molecule has 0 fully saturated rings. The Labute approximate surface area is 156 Å². The zero-order valence-corrected chi connectivity index (χ0v) is 14.4. The van der Waals surface area contributed by atoms with Gasteiger partial charge in [-0.25, -0.2) is 0 Å². The third-order valence-electron chi connectivity index (χ3n) is 3.85. The summed E-state index contributed by atoms with van der Waals surface area (Å²) in [6.45, 7) is -0.271. The molecule has 0 unspecified atom stereocenters. The molecule has 0 atom stereocenters. The first kappa shape index (κ1) is 17.9. The number of rotatable bonds is 6. The van der Waals surface area contributed by atoms with E-state index in [1.165, 1.54) is 0 Å². The minimum Gasteiger partial charge on any atom is -0.482 e. The number of hydrogen-bond donors (Lipinski definition) is 1. The zero-order valence-electron chi connectivity index (χ0n) is 14.4. The number of benzene rings is 3. The molecule has 0 aliphatic rings. The minimum atomic E-state index is -0.420. The SMILES string of the molecule is N#Cc1ccccc1OCC(=O)Nc1ccccc1C(=O)c1ccccc1. The Morgan fingerprint density at radius 3 is 2.33 bits per heavy atom. The molecule has 3 rings (SSSR count). The molecule has 1 N–H and O–H groups in total. The van der Waals surface area contributed by atoms with E-state index in [1.54, 1.807) is 72.8 Å². The third kappa shape index (κ3) is 4.39. The Kier molecular flexibility index (Phi) is 5.60. The fourth-order valence-electron chi connectivity index (χ4n) is 2.55. The van der Waals surface area contributed by atoms with Crippen LogP contribution in [0.5, 0.6) is 5.75 Å². The number of ether oxygens (including phenoxy) is 1. The van der Waals surface area contributed by atoms with E-state index in [0.717, 1.165) is 0 Å². The lowest BCUT2D eigenvalue weighted by Crippen LogP contribution is -2.22. The minimum absolute atomic E-state index is 0.178.